The van der Waals surface area contributed by atoms with Crippen molar-refractivity contribution in [3.05, 3.63) is 48.6 Å². The number of carbonyl (C=O) groups excluding carboxylic acids is 2. The molecule has 0 aliphatic heterocycles. The summed E-state index contributed by atoms with van der Waals surface area (Å²) >= 11 is 0. The maximum atomic E-state index is 12.4. The number of ether oxygens (including phenoxy) is 1. The van der Waals surface area contributed by atoms with Crippen molar-refractivity contribution in [2.45, 2.75) is 302 Å². The van der Waals surface area contributed by atoms with E-state index in [4.69, 9.17) is 4.74 Å². The molecule has 0 bridgehead atoms. The van der Waals surface area contributed by atoms with Crippen LogP contribution in [0.1, 0.15) is 290 Å². The lowest BCUT2D eigenvalue weighted by Crippen LogP contribution is -2.45. The Kier molecular flexibility index (Phi) is 52.6. The van der Waals surface area contributed by atoms with E-state index in [-0.39, 0.29) is 18.5 Å². The lowest BCUT2D eigenvalue weighted by molar-refractivity contribution is -0.143. The number of allylic oxidation sites excluding steroid dienone is 7. The number of rotatable bonds is 52. The maximum Gasteiger partial charge on any atom is 0.305 e. The molecular formula is C59H109NO5. The van der Waals surface area contributed by atoms with Crippen molar-refractivity contribution in [2.75, 3.05) is 13.2 Å². The number of nitrogens with one attached hydrogen (secondary N) is 1. The van der Waals surface area contributed by atoms with E-state index in [1.807, 2.05) is 6.08 Å². The van der Waals surface area contributed by atoms with E-state index in [1.165, 1.54) is 186 Å². The molecule has 1 amide bonds. The molecule has 2 unspecified atom stereocenters. The molecule has 0 saturated heterocycles. The van der Waals surface area contributed by atoms with Crippen LogP contribution < -0.4 is 5.32 Å². The van der Waals surface area contributed by atoms with Crippen LogP contribution in [0.3, 0.4) is 0 Å². The summed E-state index contributed by atoms with van der Waals surface area (Å²) in [6.45, 7) is 4.85. The van der Waals surface area contributed by atoms with Gasteiger partial charge < -0.3 is 20.3 Å². The van der Waals surface area contributed by atoms with E-state index in [9.17, 15) is 19.8 Å². The molecule has 0 spiro atoms. The van der Waals surface area contributed by atoms with Crippen molar-refractivity contribution < 1.29 is 24.5 Å². The number of hydrogen-bond donors (Lipinski definition) is 3. The second kappa shape index (κ2) is 54.4. The Morgan fingerprint density at radius 3 is 1.18 bits per heavy atom. The van der Waals surface area contributed by atoms with Gasteiger partial charge in [-0.2, -0.15) is 0 Å². The Balaban J connectivity index is 3.51. The van der Waals surface area contributed by atoms with Crippen molar-refractivity contribution in [2.24, 2.45) is 0 Å². The highest BCUT2D eigenvalue weighted by Crippen LogP contribution is 2.15. The Bertz CT molecular complexity index is 1100. The number of aliphatic hydroxyl groups is 2. The molecule has 0 aliphatic carbocycles. The summed E-state index contributed by atoms with van der Waals surface area (Å²) in [6.07, 6.45) is 68.4. The summed E-state index contributed by atoms with van der Waals surface area (Å²) in [5, 5.41) is 23.1. The van der Waals surface area contributed by atoms with Gasteiger partial charge in [-0.3, -0.25) is 9.59 Å². The van der Waals surface area contributed by atoms with E-state index in [0.717, 1.165) is 77.0 Å². The van der Waals surface area contributed by atoms with Gasteiger partial charge in [0, 0.05) is 12.8 Å². The van der Waals surface area contributed by atoms with E-state index in [0.29, 0.717) is 19.4 Å². The molecule has 0 rings (SSSR count). The van der Waals surface area contributed by atoms with Crippen molar-refractivity contribution >= 4 is 11.9 Å². The average Bonchev–Trinajstić information content (AvgIpc) is 3.31. The van der Waals surface area contributed by atoms with Crippen LogP contribution in [0.2, 0.25) is 0 Å². The highest BCUT2D eigenvalue weighted by Gasteiger charge is 2.18. The van der Waals surface area contributed by atoms with Gasteiger partial charge >= 0.3 is 5.97 Å². The van der Waals surface area contributed by atoms with Crippen LogP contribution in [0.4, 0.5) is 0 Å². The summed E-state index contributed by atoms with van der Waals surface area (Å²) in [5.41, 5.74) is 0. The molecule has 6 nitrogen and oxygen atoms in total. The third-order valence-corrected chi connectivity index (χ3v) is 12.8. The number of hydrogen-bond acceptors (Lipinski definition) is 5. The van der Waals surface area contributed by atoms with Gasteiger partial charge in [-0.05, 0) is 89.9 Å². The van der Waals surface area contributed by atoms with Crippen LogP contribution in [0.25, 0.3) is 0 Å². The minimum Gasteiger partial charge on any atom is -0.466 e. The molecular weight excluding hydrogens is 803 g/mol. The van der Waals surface area contributed by atoms with Crippen LogP contribution in [-0.2, 0) is 14.3 Å². The SMILES string of the molecule is CCCCCCCC/C=C\CCCCCCCC(=O)OCCCCC/C=C\C=C/CCCCCCCCCCCCC(=O)NC(CO)C(O)/C=C/CCCCCCCCCCCCCC. The zero-order chi connectivity index (χ0) is 47.2. The van der Waals surface area contributed by atoms with E-state index in [2.05, 4.69) is 55.6 Å². The van der Waals surface area contributed by atoms with Gasteiger partial charge in [-0.1, -0.05) is 236 Å². The van der Waals surface area contributed by atoms with Crippen molar-refractivity contribution in [1.29, 1.82) is 0 Å². The smallest absolute Gasteiger partial charge is 0.305 e. The predicted octanol–water partition coefficient (Wildman–Crippen LogP) is 17.4. The van der Waals surface area contributed by atoms with Gasteiger partial charge in [0.15, 0.2) is 0 Å². The largest absolute Gasteiger partial charge is 0.466 e. The first-order chi connectivity index (χ1) is 32.0. The number of aliphatic hydroxyl groups excluding tert-OH is 2. The molecule has 0 saturated carbocycles. The summed E-state index contributed by atoms with van der Waals surface area (Å²) in [4.78, 5) is 24.5. The monoisotopic (exact) mass is 912 g/mol. The fourth-order valence-electron chi connectivity index (χ4n) is 8.44. The molecule has 0 aromatic carbocycles. The van der Waals surface area contributed by atoms with E-state index >= 15 is 0 Å². The summed E-state index contributed by atoms with van der Waals surface area (Å²) in [6, 6.07) is -0.636. The van der Waals surface area contributed by atoms with Crippen LogP contribution in [0.15, 0.2) is 48.6 Å². The normalized spacial score (nSPS) is 13.0. The van der Waals surface area contributed by atoms with Crippen LogP contribution in [0, 0.1) is 0 Å². The van der Waals surface area contributed by atoms with Crippen molar-refractivity contribution in [1.82, 2.24) is 5.32 Å². The summed E-state index contributed by atoms with van der Waals surface area (Å²) in [7, 11) is 0. The minimum atomic E-state index is -0.851. The molecule has 0 fully saturated rings. The first kappa shape index (κ1) is 62.8. The van der Waals surface area contributed by atoms with Crippen LogP contribution in [-0.4, -0.2) is 47.4 Å². The Morgan fingerprint density at radius 1 is 0.431 bits per heavy atom. The molecule has 3 N–H and O–H groups in total. The quantitative estimate of drug-likeness (QED) is 0.0245. The first-order valence-electron chi connectivity index (χ1n) is 28.4. The Hall–Kier alpha value is -2.18. The average molecular weight is 913 g/mol. The van der Waals surface area contributed by atoms with Crippen LogP contribution >= 0.6 is 0 Å². The van der Waals surface area contributed by atoms with E-state index in [1.54, 1.807) is 6.08 Å². The number of esters is 1. The first-order valence-corrected chi connectivity index (χ1v) is 28.4. The van der Waals surface area contributed by atoms with Crippen molar-refractivity contribution in [3.8, 4) is 0 Å². The van der Waals surface area contributed by atoms with Crippen molar-refractivity contribution in [3.63, 3.8) is 0 Å². The molecule has 0 aromatic rings. The van der Waals surface area contributed by atoms with Gasteiger partial charge in [0.2, 0.25) is 5.91 Å². The molecule has 65 heavy (non-hydrogen) atoms. The number of unbranched alkanes of at least 4 members (excludes halogenated alkanes) is 36. The number of carbonyl (C=O) groups is 2. The molecule has 0 heterocycles. The second-order valence-electron chi connectivity index (χ2n) is 19.3. The van der Waals surface area contributed by atoms with E-state index < -0.39 is 12.1 Å². The summed E-state index contributed by atoms with van der Waals surface area (Å²) < 4.78 is 5.45. The predicted molar refractivity (Wildman–Crippen MR) is 282 cm³/mol. The van der Waals surface area contributed by atoms with Gasteiger partial charge in [0.25, 0.3) is 0 Å². The topological polar surface area (TPSA) is 95.9 Å². The third-order valence-electron chi connectivity index (χ3n) is 12.8. The molecule has 0 aliphatic rings. The molecule has 2 atom stereocenters. The highest BCUT2D eigenvalue weighted by molar-refractivity contribution is 5.76. The van der Waals surface area contributed by atoms with Gasteiger partial charge in [-0.15, -0.1) is 0 Å². The highest BCUT2D eigenvalue weighted by atomic mass is 16.5. The Labute approximate surface area is 404 Å². The fourth-order valence-corrected chi connectivity index (χ4v) is 8.44. The zero-order valence-corrected chi connectivity index (χ0v) is 43.2. The van der Waals surface area contributed by atoms with Gasteiger partial charge in [0.1, 0.15) is 0 Å². The standard InChI is InChI=1S/C59H109NO5/c1-3-5-7-9-11-13-15-17-24-29-33-37-41-45-49-53-59(64)65-54-50-46-42-38-34-30-26-23-21-19-20-22-25-28-32-36-40-44-48-52-58(63)60-56(55-61)57(62)51-47-43-39-35-31-27-18-16-14-12-10-8-6-4-2/h17,23-24,26,30,34,47,51,56-57,61-62H,3-16,18-22,25,27-29,31-33,35-46,48-50,52-55H2,1-2H3,(H,60,63)/b24-17-,26-23-,34-30-,51-47+. The van der Waals surface area contributed by atoms with Gasteiger partial charge in [-0.25, -0.2) is 0 Å². The molecule has 6 heteroatoms. The fraction of sp³-hybridized carbons (Fsp3) is 0.831. The molecule has 0 aromatic heterocycles. The third kappa shape index (κ3) is 51.1. The molecule has 0 radical (unpaired) electrons. The minimum absolute atomic E-state index is 0.0226. The maximum absolute atomic E-state index is 12.4. The lowest BCUT2D eigenvalue weighted by Gasteiger charge is -2.20. The summed E-state index contributed by atoms with van der Waals surface area (Å²) in [5.74, 6) is -0.101. The second-order valence-corrected chi connectivity index (χ2v) is 19.3. The lowest BCUT2D eigenvalue weighted by atomic mass is 10.0. The van der Waals surface area contributed by atoms with Gasteiger partial charge in [0.05, 0.1) is 25.4 Å². The van der Waals surface area contributed by atoms with Crippen LogP contribution in [0.5, 0.6) is 0 Å². The Morgan fingerprint density at radius 2 is 0.769 bits per heavy atom. The molecule has 380 valence electrons. The number of amides is 1. The zero-order valence-electron chi connectivity index (χ0n) is 43.2.